The molecule has 0 aromatic carbocycles. The largest absolute Gasteiger partial charge is 0.574 e. The van der Waals surface area contributed by atoms with Gasteiger partial charge >= 0.3 is 6.36 Å². The second-order valence-corrected chi connectivity index (χ2v) is 2.84. The average molecular weight is 253 g/mol. The van der Waals surface area contributed by atoms with Crippen molar-refractivity contribution in [3.8, 4) is 11.8 Å². The second-order valence-electron chi connectivity index (χ2n) is 2.84. The molecule has 0 amide bonds. The topological polar surface area (TPSA) is 48.4 Å². The number of halogens is 4. The first-order valence-corrected chi connectivity index (χ1v) is 4.26. The molecule has 1 aromatic rings. The first-order valence-electron chi connectivity index (χ1n) is 4.26. The van der Waals surface area contributed by atoms with E-state index in [1.807, 2.05) is 0 Å². The van der Waals surface area contributed by atoms with Gasteiger partial charge in [-0.3, -0.25) is 4.79 Å². The Labute approximate surface area is 93.2 Å². The van der Waals surface area contributed by atoms with Crippen LogP contribution in [0.2, 0.25) is 0 Å². The third-order valence-corrected chi connectivity index (χ3v) is 1.77. The lowest BCUT2D eigenvalue weighted by molar-refractivity contribution is -0.276. The summed E-state index contributed by atoms with van der Waals surface area (Å²) in [5.41, 5.74) is -0.878. The summed E-state index contributed by atoms with van der Waals surface area (Å²) in [5, 5.41) is 0. The Morgan fingerprint density at radius 1 is 1.47 bits per heavy atom. The van der Waals surface area contributed by atoms with E-state index in [9.17, 15) is 22.4 Å². The number of carbonyl (C=O) groups is 1. The van der Waals surface area contributed by atoms with Gasteiger partial charge < -0.3 is 9.47 Å². The van der Waals surface area contributed by atoms with E-state index in [-0.39, 0.29) is 17.7 Å². The smallest absolute Gasteiger partial charge is 0.481 e. The zero-order valence-electron chi connectivity index (χ0n) is 8.55. The molecule has 0 saturated heterocycles. The minimum absolute atomic E-state index is 0.0441. The first kappa shape index (κ1) is 13.2. The van der Waals surface area contributed by atoms with Crippen LogP contribution in [0, 0.1) is 0 Å². The molecule has 0 fully saturated rings. The summed E-state index contributed by atoms with van der Waals surface area (Å²) in [7, 11) is 1.14. The third kappa shape index (κ3) is 3.30. The molecule has 0 saturated carbocycles. The number of ether oxygens (including phenoxy) is 2. The van der Waals surface area contributed by atoms with E-state index in [0.717, 1.165) is 13.2 Å². The van der Waals surface area contributed by atoms with E-state index in [2.05, 4.69) is 14.5 Å². The Morgan fingerprint density at radius 2 is 2.12 bits per heavy atom. The quantitative estimate of drug-likeness (QED) is 0.610. The monoisotopic (exact) mass is 253 g/mol. The van der Waals surface area contributed by atoms with Gasteiger partial charge in [0.1, 0.15) is 6.67 Å². The van der Waals surface area contributed by atoms with Crippen molar-refractivity contribution in [3.05, 3.63) is 17.2 Å². The van der Waals surface area contributed by atoms with E-state index in [1.54, 1.807) is 0 Å². The Morgan fingerprint density at radius 3 is 2.53 bits per heavy atom. The van der Waals surface area contributed by atoms with E-state index < -0.39 is 24.5 Å². The van der Waals surface area contributed by atoms with E-state index in [1.165, 1.54) is 0 Å². The molecule has 0 aliphatic carbocycles. The molecule has 0 aliphatic rings. The van der Waals surface area contributed by atoms with Gasteiger partial charge in [-0.1, -0.05) is 0 Å². The number of carbonyl (C=O) groups excluding carboxylic acids is 1. The van der Waals surface area contributed by atoms with Crippen LogP contribution in [0.4, 0.5) is 17.6 Å². The molecule has 0 spiro atoms. The summed E-state index contributed by atoms with van der Waals surface area (Å²) in [6, 6.07) is 1.02. The highest BCUT2D eigenvalue weighted by molar-refractivity contribution is 5.80. The molecule has 0 unspecified atom stereocenters. The molecule has 8 heteroatoms. The number of aldehydes is 1. The summed E-state index contributed by atoms with van der Waals surface area (Å²) < 4.78 is 56.7. The maximum absolute atomic E-state index is 12.5. The molecule has 17 heavy (non-hydrogen) atoms. The van der Waals surface area contributed by atoms with E-state index in [0.29, 0.717) is 0 Å². The molecule has 0 atom stereocenters. The van der Waals surface area contributed by atoms with Crippen molar-refractivity contribution in [3.63, 3.8) is 0 Å². The van der Waals surface area contributed by atoms with Gasteiger partial charge in [-0.2, -0.15) is 4.98 Å². The lowest BCUT2D eigenvalue weighted by Gasteiger charge is -2.12. The van der Waals surface area contributed by atoms with Gasteiger partial charge in [0.05, 0.1) is 12.7 Å². The van der Waals surface area contributed by atoms with Crippen molar-refractivity contribution in [1.82, 2.24) is 4.98 Å². The van der Waals surface area contributed by atoms with Gasteiger partial charge in [-0.05, 0) is 0 Å². The standard InChI is InChI=1S/C9H7F4NO3/c1-16-7-2-5(3-10)6(4-15)8(14-7)17-9(11,12)13/h2,4H,3H2,1H3. The molecular formula is C9H7F4NO3. The fraction of sp³-hybridized carbons (Fsp3) is 0.333. The van der Waals surface area contributed by atoms with Crippen molar-refractivity contribution >= 4 is 6.29 Å². The summed E-state index contributed by atoms with van der Waals surface area (Å²) >= 11 is 0. The highest BCUT2D eigenvalue weighted by atomic mass is 19.4. The van der Waals surface area contributed by atoms with Gasteiger partial charge in [0.15, 0.2) is 6.29 Å². The van der Waals surface area contributed by atoms with Gasteiger partial charge in [0.25, 0.3) is 0 Å². The van der Waals surface area contributed by atoms with Crippen LogP contribution in [0.5, 0.6) is 11.8 Å². The summed E-state index contributed by atoms with van der Waals surface area (Å²) in [5.74, 6) is -1.30. The molecule has 1 heterocycles. The molecular weight excluding hydrogens is 246 g/mol. The van der Waals surface area contributed by atoms with Gasteiger partial charge in [0.2, 0.25) is 11.8 Å². The van der Waals surface area contributed by atoms with Gasteiger partial charge in [-0.15, -0.1) is 13.2 Å². The first-order chi connectivity index (χ1) is 7.91. The van der Waals surface area contributed by atoms with Crippen molar-refractivity contribution in [2.45, 2.75) is 13.0 Å². The number of alkyl halides is 4. The second kappa shape index (κ2) is 4.98. The normalized spacial score (nSPS) is 11.1. The van der Waals surface area contributed by atoms with E-state index >= 15 is 0 Å². The van der Waals surface area contributed by atoms with Crippen LogP contribution in [0.1, 0.15) is 15.9 Å². The van der Waals surface area contributed by atoms with Gasteiger partial charge in [0, 0.05) is 11.6 Å². The lowest BCUT2D eigenvalue weighted by Crippen LogP contribution is -2.19. The highest BCUT2D eigenvalue weighted by Gasteiger charge is 2.33. The van der Waals surface area contributed by atoms with E-state index in [4.69, 9.17) is 0 Å². The number of hydrogen-bond donors (Lipinski definition) is 0. The summed E-state index contributed by atoms with van der Waals surface area (Å²) in [6.45, 7) is -1.14. The maximum Gasteiger partial charge on any atom is 0.574 e. The molecule has 0 radical (unpaired) electrons. The Kier molecular flexibility index (Phi) is 3.87. The number of aromatic nitrogens is 1. The fourth-order valence-corrected chi connectivity index (χ4v) is 1.09. The van der Waals surface area contributed by atoms with Crippen LogP contribution in [-0.2, 0) is 6.67 Å². The van der Waals surface area contributed by atoms with Crippen LogP contribution in [0.3, 0.4) is 0 Å². The SMILES string of the molecule is COc1cc(CF)c(C=O)c(OC(F)(F)F)n1. The maximum atomic E-state index is 12.5. The van der Waals surface area contributed by atoms with Crippen molar-refractivity contribution < 1.29 is 31.8 Å². The number of pyridine rings is 1. The van der Waals surface area contributed by atoms with Crippen molar-refractivity contribution in [1.29, 1.82) is 0 Å². The molecule has 0 N–H and O–H groups in total. The molecule has 0 bridgehead atoms. The summed E-state index contributed by atoms with van der Waals surface area (Å²) in [6.07, 6.45) is -4.98. The van der Waals surface area contributed by atoms with Crippen LogP contribution >= 0.6 is 0 Å². The third-order valence-electron chi connectivity index (χ3n) is 1.77. The predicted molar refractivity (Wildman–Crippen MR) is 47.7 cm³/mol. The molecule has 94 valence electrons. The lowest BCUT2D eigenvalue weighted by atomic mass is 10.1. The van der Waals surface area contributed by atoms with Gasteiger partial charge in [-0.25, -0.2) is 4.39 Å². The molecule has 1 aromatic heterocycles. The number of methoxy groups -OCH3 is 1. The minimum atomic E-state index is -5.02. The number of rotatable bonds is 4. The average Bonchev–Trinajstić information content (AvgIpc) is 2.25. The Bertz CT molecular complexity index is 419. The summed E-state index contributed by atoms with van der Waals surface area (Å²) in [4.78, 5) is 13.9. The van der Waals surface area contributed by atoms with Crippen LogP contribution in [0.15, 0.2) is 6.07 Å². The Hall–Kier alpha value is -1.86. The zero-order valence-corrected chi connectivity index (χ0v) is 8.55. The highest BCUT2D eigenvalue weighted by Crippen LogP contribution is 2.29. The molecule has 1 rings (SSSR count). The predicted octanol–water partition coefficient (Wildman–Crippen LogP) is 2.27. The molecule has 0 aliphatic heterocycles. The fourth-order valence-electron chi connectivity index (χ4n) is 1.09. The van der Waals surface area contributed by atoms with Crippen LogP contribution < -0.4 is 9.47 Å². The Balaban J connectivity index is 3.29. The van der Waals surface area contributed by atoms with Crippen LogP contribution in [0.25, 0.3) is 0 Å². The number of hydrogen-bond acceptors (Lipinski definition) is 4. The molecule has 4 nitrogen and oxygen atoms in total. The zero-order chi connectivity index (χ0) is 13.1. The van der Waals surface area contributed by atoms with Crippen molar-refractivity contribution in [2.75, 3.05) is 7.11 Å². The minimum Gasteiger partial charge on any atom is -0.481 e. The van der Waals surface area contributed by atoms with Crippen molar-refractivity contribution in [2.24, 2.45) is 0 Å². The van der Waals surface area contributed by atoms with Crippen LogP contribution in [-0.4, -0.2) is 24.7 Å². The number of nitrogens with zero attached hydrogens (tertiary/aromatic N) is 1.